The smallest absolute Gasteiger partial charge is 0.200 e. The molecule has 98 valence electrons. The molecule has 0 spiro atoms. The summed E-state index contributed by atoms with van der Waals surface area (Å²) in [5.74, 6) is -0.195. The molecule has 0 aliphatic carbocycles. The van der Waals surface area contributed by atoms with Crippen LogP contribution in [-0.2, 0) is 0 Å². The van der Waals surface area contributed by atoms with Gasteiger partial charge in [0.2, 0.25) is 0 Å². The Labute approximate surface area is 115 Å². The van der Waals surface area contributed by atoms with Crippen molar-refractivity contribution in [1.29, 1.82) is 0 Å². The Morgan fingerprint density at radius 3 is 2.53 bits per heavy atom. The van der Waals surface area contributed by atoms with Crippen molar-refractivity contribution in [2.75, 3.05) is 6.61 Å². The van der Waals surface area contributed by atoms with E-state index in [0.29, 0.717) is 21.9 Å². The molecule has 0 fully saturated rings. The molecule has 2 aromatic rings. The lowest BCUT2D eigenvalue weighted by molar-refractivity contribution is 0.0921. The molecule has 0 saturated heterocycles. The van der Waals surface area contributed by atoms with Crippen LogP contribution in [0.1, 0.15) is 15.9 Å². The molecule has 2 aromatic carbocycles. The van der Waals surface area contributed by atoms with Gasteiger partial charge in [0.1, 0.15) is 11.6 Å². The highest BCUT2D eigenvalue weighted by molar-refractivity contribution is 6.30. The summed E-state index contributed by atoms with van der Waals surface area (Å²) in [6.07, 6.45) is 0. The topological polar surface area (TPSA) is 26.3 Å². The molecule has 0 amide bonds. The van der Waals surface area contributed by atoms with Gasteiger partial charge in [-0.25, -0.2) is 4.39 Å². The van der Waals surface area contributed by atoms with Gasteiger partial charge in [0.25, 0.3) is 0 Å². The summed E-state index contributed by atoms with van der Waals surface area (Å²) in [4.78, 5) is 11.8. The Kier molecular flexibility index (Phi) is 4.17. The monoisotopic (exact) mass is 278 g/mol. The fraction of sp³-hybridized carbons (Fsp3) is 0.133. The van der Waals surface area contributed by atoms with E-state index in [-0.39, 0.29) is 18.2 Å². The zero-order valence-electron chi connectivity index (χ0n) is 10.3. The second-order valence-corrected chi connectivity index (χ2v) is 4.57. The van der Waals surface area contributed by atoms with E-state index in [4.69, 9.17) is 16.3 Å². The standard InChI is InChI=1S/C15H12ClFO2/c1-10-2-7-13(8-14(10)17)19-9-15(18)11-3-5-12(16)6-4-11/h2-8H,9H2,1H3. The molecule has 0 N–H and O–H groups in total. The Morgan fingerprint density at radius 1 is 1.21 bits per heavy atom. The first-order chi connectivity index (χ1) is 9.06. The van der Waals surface area contributed by atoms with Crippen LogP contribution in [0.15, 0.2) is 42.5 Å². The van der Waals surface area contributed by atoms with Gasteiger partial charge in [-0.15, -0.1) is 0 Å². The van der Waals surface area contributed by atoms with Crippen LogP contribution in [0.4, 0.5) is 4.39 Å². The van der Waals surface area contributed by atoms with Crippen molar-refractivity contribution in [3.63, 3.8) is 0 Å². The molecule has 0 unspecified atom stereocenters. The van der Waals surface area contributed by atoms with Crippen LogP contribution in [0.2, 0.25) is 5.02 Å². The zero-order chi connectivity index (χ0) is 13.8. The normalized spacial score (nSPS) is 10.3. The Bertz CT molecular complexity index is 594. The molecule has 0 atom stereocenters. The van der Waals surface area contributed by atoms with Gasteiger partial charge in [-0.05, 0) is 42.8 Å². The average molecular weight is 279 g/mol. The first kappa shape index (κ1) is 13.6. The third-order valence-corrected chi connectivity index (χ3v) is 2.93. The predicted octanol–water partition coefficient (Wildman–Crippen LogP) is 4.05. The third-order valence-electron chi connectivity index (χ3n) is 2.68. The van der Waals surface area contributed by atoms with E-state index in [9.17, 15) is 9.18 Å². The van der Waals surface area contributed by atoms with Crippen LogP contribution in [0, 0.1) is 12.7 Å². The zero-order valence-corrected chi connectivity index (χ0v) is 11.1. The maximum atomic E-state index is 13.3. The number of ketones is 1. The van der Waals surface area contributed by atoms with Crippen molar-refractivity contribution in [1.82, 2.24) is 0 Å². The number of benzene rings is 2. The lowest BCUT2D eigenvalue weighted by Gasteiger charge is -2.06. The van der Waals surface area contributed by atoms with Gasteiger partial charge >= 0.3 is 0 Å². The summed E-state index contributed by atoms with van der Waals surface area (Å²) in [6.45, 7) is 1.53. The minimum Gasteiger partial charge on any atom is -0.485 e. The highest BCUT2D eigenvalue weighted by Gasteiger charge is 2.07. The van der Waals surface area contributed by atoms with E-state index < -0.39 is 0 Å². The second kappa shape index (κ2) is 5.85. The first-order valence-corrected chi connectivity index (χ1v) is 6.12. The van der Waals surface area contributed by atoms with E-state index in [1.807, 2.05) is 0 Å². The lowest BCUT2D eigenvalue weighted by Crippen LogP contribution is -2.11. The average Bonchev–Trinajstić information content (AvgIpc) is 2.40. The Morgan fingerprint density at radius 2 is 1.89 bits per heavy atom. The lowest BCUT2D eigenvalue weighted by atomic mass is 10.1. The van der Waals surface area contributed by atoms with Crippen molar-refractivity contribution >= 4 is 17.4 Å². The number of halogens is 2. The SMILES string of the molecule is Cc1ccc(OCC(=O)c2ccc(Cl)cc2)cc1F. The quantitative estimate of drug-likeness (QED) is 0.789. The van der Waals surface area contributed by atoms with Gasteiger partial charge in [-0.3, -0.25) is 4.79 Å². The molecule has 0 bridgehead atoms. The molecule has 0 heterocycles. The molecule has 4 heteroatoms. The predicted molar refractivity (Wildman–Crippen MR) is 72.4 cm³/mol. The molecule has 0 saturated carbocycles. The molecule has 0 aromatic heterocycles. The molecular formula is C15H12ClFO2. The van der Waals surface area contributed by atoms with E-state index in [0.717, 1.165) is 0 Å². The van der Waals surface area contributed by atoms with Crippen molar-refractivity contribution in [3.8, 4) is 5.75 Å². The third kappa shape index (κ3) is 3.55. The summed E-state index contributed by atoms with van der Waals surface area (Å²) in [7, 11) is 0. The minimum absolute atomic E-state index is 0.135. The van der Waals surface area contributed by atoms with Crippen molar-refractivity contribution in [2.45, 2.75) is 6.92 Å². The molecule has 19 heavy (non-hydrogen) atoms. The van der Waals surface area contributed by atoms with Crippen LogP contribution < -0.4 is 4.74 Å². The highest BCUT2D eigenvalue weighted by atomic mass is 35.5. The van der Waals surface area contributed by atoms with Crippen molar-refractivity contribution in [2.24, 2.45) is 0 Å². The van der Waals surface area contributed by atoms with Crippen LogP contribution in [0.3, 0.4) is 0 Å². The largest absolute Gasteiger partial charge is 0.485 e. The van der Waals surface area contributed by atoms with E-state index in [2.05, 4.69) is 0 Å². The Balaban J connectivity index is 2.00. The summed E-state index contributed by atoms with van der Waals surface area (Å²) < 4.78 is 18.6. The fourth-order valence-corrected chi connectivity index (χ4v) is 1.66. The van der Waals surface area contributed by atoms with Gasteiger partial charge in [0.05, 0.1) is 0 Å². The van der Waals surface area contributed by atoms with Gasteiger partial charge in [0, 0.05) is 16.7 Å². The molecule has 2 rings (SSSR count). The number of aryl methyl sites for hydroxylation is 1. The number of hydrogen-bond donors (Lipinski definition) is 0. The second-order valence-electron chi connectivity index (χ2n) is 4.13. The van der Waals surface area contributed by atoms with Crippen LogP contribution in [-0.4, -0.2) is 12.4 Å². The first-order valence-electron chi connectivity index (χ1n) is 5.74. The molecule has 0 aliphatic heterocycles. The minimum atomic E-state index is -0.351. The number of rotatable bonds is 4. The van der Waals surface area contributed by atoms with E-state index in [1.54, 1.807) is 43.3 Å². The van der Waals surface area contributed by atoms with Crippen molar-refractivity contribution < 1.29 is 13.9 Å². The summed E-state index contributed by atoms with van der Waals surface area (Å²) >= 11 is 5.74. The molecule has 0 radical (unpaired) electrons. The summed E-state index contributed by atoms with van der Waals surface area (Å²) in [6, 6.07) is 11.0. The summed E-state index contributed by atoms with van der Waals surface area (Å²) in [5, 5.41) is 0.568. The highest BCUT2D eigenvalue weighted by Crippen LogP contribution is 2.16. The Hall–Kier alpha value is -1.87. The van der Waals surface area contributed by atoms with Crippen LogP contribution >= 0.6 is 11.6 Å². The van der Waals surface area contributed by atoms with Crippen LogP contribution in [0.5, 0.6) is 5.75 Å². The van der Waals surface area contributed by atoms with Gasteiger partial charge in [-0.2, -0.15) is 0 Å². The van der Waals surface area contributed by atoms with Crippen molar-refractivity contribution in [3.05, 3.63) is 64.4 Å². The van der Waals surface area contributed by atoms with E-state index >= 15 is 0 Å². The number of Topliss-reactive ketones (excluding diaryl/α,β-unsaturated/α-hetero) is 1. The number of carbonyl (C=O) groups excluding carboxylic acids is 1. The van der Waals surface area contributed by atoms with Gasteiger partial charge in [0.15, 0.2) is 12.4 Å². The molecule has 0 aliphatic rings. The van der Waals surface area contributed by atoms with Gasteiger partial charge in [-0.1, -0.05) is 17.7 Å². The maximum absolute atomic E-state index is 13.3. The molecule has 2 nitrogen and oxygen atoms in total. The number of ether oxygens (including phenoxy) is 1. The number of hydrogen-bond acceptors (Lipinski definition) is 2. The van der Waals surface area contributed by atoms with E-state index in [1.165, 1.54) is 6.07 Å². The fourth-order valence-electron chi connectivity index (χ4n) is 1.53. The summed E-state index contributed by atoms with van der Waals surface area (Å²) in [5.41, 5.74) is 1.05. The molecular weight excluding hydrogens is 267 g/mol. The maximum Gasteiger partial charge on any atom is 0.200 e. The van der Waals surface area contributed by atoms with Crippen LogP contribution in [0.25, 0.3) is 0 Å². The number of carbonyl (C=O) groups is 1. The van der Waals surface area contributed by atoms with Gasteiger partial charge < -0.3 is 4.74 Å².